The van der Waals surface area contributed by atoms with E-state index in [1.165, 1.54) is 4.80 Å². The van der Waals surface area contributed by atoms with E-state index >= 15 is 0 Å². The number of benzene rings is 1. The number of halogens is 2. The number of rotatable bonds is 4. The molecule has 0 saturated heterocycles. The molecule has 94 valence electrons. The molecule has 0 amide bonds. The van der Waals surface area contributed by atoms with Crippen molar-refractivity contribution >= 4 is 38.1 Å². The smallest absolute Gasteiger partial charge is 0.212 e. The lowest BCUT2D eigenvalue weighted by atomic mass is 10.2. The van der Waals surface area contributed by atoms with E-state index in [-0.39, 0.29) is 6.61 Å². The molecule has 0 unspecified atom stereocenters. The maximum absolute atomic E-state index is 10.7. The minimum absolute atomic E-state index is 0.200. The molecule has 0 aliphatic heterocycles. The third kappa shape index (κ3) is 2.94. The Morgan fingerprint density at radius 1 is 1.39 bits per heavy atom. The number of hydrogen-bond acceptors (Lipinski definition) is 5. The zero-order valence-corrected chi connectivity index (χ0v) is 12.5. The summed E-state index contributed by atoms with van der Waals surface area (Å²) in [7, 11) is 1.68. The average Bonchev–Trinajstić information content (AvgIpc) is 2.73. The standard InChI is InChI=1S/C10H8Br2N4O2/c1-16-14-9(13-15-16)5-18-10-7(11)2-6(4-17)3-8(10)12/h2-4H,5H2,1H3. The summed E-state index contributed by atoms with van der Waals surface area (Å²) in [4.78, 5) is 12.1. The van der Waals surface area contributed by atoms with Gasteiger partial charge in [-0.2, -0.15) is 4.80 Å². The molecule has 8 heteroatoms. The van der Waals surface area contributed by atoms with E-state index in [1.807, 2.05) is 0 Å². The monoisotopic (exact) mass is 374 g/mol. The second-order valence-electron chi connectivity index (χ2n) is 3.42. The Morgan fingerprint density at radius 3 is 2.56 bits per heavy atom. The number of carbonyl (C=O) groups excluding carboxylic acids is 1. The van der Waals surface area contributed by atoms with Gasteiger partial charge in [-0.15, -0.1) is 10.2 Å². The molecule has 0 fully saturated rings. The van der Waals surface area contributed by atoms with Gasteiger partial charge in [0.1, 0.15) is 12.0 Å². The maximum atomic E-state index is 10.7. The zero-order valence-electron chi connectivity index (χ0n) is 9.30. The summed E-state index contributed by atoms with van der Waals surface area (Å²) in [5, 5.41) is 11.5. The zero-order chi connectivity index (χ0) is 13.1. The molecular weight excluding hydrogens is 368 g/mol. The van der Waals surface area contributed by atoms with E-state index in [0.717, 1.165) is 6.29 Å². The average molecular weight is 376 g/mol. The summed E-state index contributed by atoms with van der Waals surface area (Å²) in [5.41, 5.74) is 0.554. The van der Waals surface area contributed by atoms with Gasteiger partial charge in [-0.1, -0.05) is 0 Å². The Balaban J connectivity index is 2.16. The number of ether oxygens (including phenoxy) is 1. The molecule has 6 nitrogen and oxygen atoms in total. The lowest BCUT2D eigenvalue weighted by Gasteiger charge is -2.09. The van der Waals surface area contributed by atoms with Crippen LogP contribution >= 0.6 is 31.9 Å². The number of aryl methyl sites for hydroxylation is 1. The first-order chi connectivity index (χ1) is 8.60. The molecule has 0 N–H and O–H groups in total. The van der Waals surface area contributed by atoms with Crippen LogP contribution in [-0.4, -0.2) is 26.5 Å². The van der Waals surface area contributed by atoms with Crippen molar-refractivity contribution in [2.45, 2.75) is 6.61 Å². The Hall–Kier alpha value is -1.28. The number of carbonyl (C=O) groups is 1. The third-order valence-electron chi connectivity index (χ3n) is 2.05. The Morgan fingerprint density at radius 2 is 2.06 bits per heavy atom. The summed E-state index contributed by atoms with van der Waals surface area (Å²) in [6, 6.07) is 3.36. The molecule has 0 spiro atoms. The largest absolute Gasteiger partial charge is 0.483 e. The summed E-state index contributed by atoms with van der Waals surface area (Å²) < 4.78 is 6.94. The molecule has 1 heterocycles. The van der Waals surface area contributed by atoms with Crippen molar-refractivity contribution in [3.8, 4) is 5.75 Å². The van der Waals surface area contributed by atoms with Gasteiger partial charge in [0.15, 0.2) is 6.61 Å². The minimum Gasteiger partial charge on any atom is -0.483 e. The number of nitrogens with zero attached hydrogens (tertiary/aromatic N) is 4. The van der Waals surface area contributed by atoms with Crippen LogP contribution < -0.4 is 4.74 Å². The molecule has 0 radical (unpaired) electrons. The van der Waals surface area contributed by atoms with Crippen molar-refractivity contribution in [2.75, 3.05) is 0 Å². The van der Waals surface area contributed by atoms with Gasteiger partial charge in [0.05, 0.1) is 16.0 Å². The van der Waals surface area contributed by atoms with Gasteiger partial charge in [-0.3, -0.25) is 4.79 Å². The second kappa shape index (κ2) is 5.57. The van der Waals surface area contributed by atoms with Crippen LogP contribution in [0.3, 0.4) is 0 Å². The molecule has 0 aliphatic carbocycles. The number of aromatic nitrogens is 4. The lowest BCUT2D eigenvalue weighted by molar-refractivity contribution is 0.112. The molecule has 1 aromatic heterocycles. The van der Waals surface area contributed by atoms with E-state index in [2.05, 4.69) is 47.3 Å². The SMILES string of the molecule is Cn1nnc(COc2c(Br)cc(C=O)cc2Br)n1. The van der Waals surface area contributed by atoms with Crippen molar-refractivity contribution in [3.63, 3.8) is 0 Å². The van der Waals surface area contributed by atoms with Crippen molar-refractivity contribution < 1.29 is 9.53 Å². The van der Waals surface area contributed by atoms with Crippen LogP contribution in [0.15, 0.2) is 21.1 Å². The van der Waals surface area contributed by atoms with E-state index in [9.17, 15) is 4.79 Å². The van der Waals surface area contributed by atoms with Crippen molar-refractivity contribution in [1.82, 2.24) is 20.2 Å². The van der Waals surface area contributed by atoms with Crippen LogP contribution in [0.5, 0.6) is 5.75 Å². The second-order valence-corrected chi connectivity index (χ2v) is 5.12. The maximum Gasteiger partial charge on any atom is 0.212 e. The molecule has 2 rings (SSSR count). The molecular formula is C10H8Br2N4O2. The van der Waals surface area contributed by atoms with Crippen LogP contribution in [0.1, 0.15) is 16.2 Å². The highest BCUT2D eigenvalue weighted by Crippen LogP contribution is 2.34. The highest BCUT2D eigenvalue weighted by atomic mass is 79.9. The van der Waals surface area contributed by atoms with Gasteiger partial charge >= 0.3 is 0 Å². The predicted molar refractivity (Wildman–Crippen MR) is 70.4 cm³/mol. The minimum atomic E-state index is 0.200. The first-order valence-corrected chi connectivity index (χ1v) is 6.48. The predicted octanol–water partition coefficient (Wildman–Crippen LogP) is 2.13. The summed E-state index contributed by atoms with van der Waals surface area (Å²) >= 11 is 6.68. The van der Waals surface area contributed by atoms with Crippen LogP contribution in [0.4, 0.5) is 0 Å². The van der Waals surface area contributed by atoms with E-state index < -0.39 is 0 Å². The van der Waals surface area contributed by atoms with E-state index in [4.69, 9.17) is 4.74 Å². The fourth-order valence-electron chi connectivity index (χ4n) is 1.30. The fraction of sp³-hybridized carbons (Fsp3) is 0.200. The molecule has 0 aliphatic rings. The van der Waals surface area contributed by atoms with Crippen LogP contribution in [0.2, 0.25) is 0 Å². The molecule has 2 aromatic rings. The molecule has 0 saturated carbocycles. The Labute approximate surface area is 120 Å². The van der Waals surface area contributed by atoms with Gasteiger partial charge < -0.3 is 4.74 Å². The Bertz CT molecular complexity index is 562. The number of aldehydes is 1. The summed E-state index contributed by atoms with van der Waals surface area (Å²) in [6.07, 6.45) is 0.767. The molecule has 18 heavy (non-hydrogen) atoms. The third-order valence-corrected chi connectivity index (χ3v) is 3.23. The van der Waals surface area contributed by atoms with Crippen LogP contribution in [-0.2, 0) is 13.7 Å². The first kappa shape index (κ1) is 13.2. The number of hydrogen-bond donors (Lipinski definition) is 0. The van der Waals surface area contributed by atoms with Crippen LogP contribution in [0, 0.1) is 0 Å². The topological polar surface area (TPSA) is 69.9 Å². The molecule has 0 bridgehead atoms. The van der Waals surface area contributed by atoms with Crippen LogP contribution in [0.25, 0.3) is 0 Å². The van der Waals surface area contributed by atoms with Gasteiger partial charge in [-0.25, -0.2) is 0 Å². The fourth-order valence-corrected chi connectivity index (χ4v) is 2.75. The highest BCUT2D eigenvalue weighted by Gasteiger charge is 2.10. The quantitative estimate of drug-likeness (QED) is 0.765. The first-order valence-electron chi connectivity index (χ1n) is 4.90. The van der Waals surface area contributed by atoms with Crippen molar-refractivity contribution in [3.05, 3.63) is 32.5 Å². The van der Waals surface area contributed by atoms with E-state index in [0.29, 0.717) is 26.1 Å². The van der Waals surface area contributed by atoms with Crippen molar-refractivity contribution in [2.24, 2.45) is 7.05 Å². The van der Waals surface area contributed by atoms with E-state index in [1.54, 1.807) is 19.2 Å². The normalized spacial score (nSPS) is 10.4. The van der Waals surface area contributed by atoms with Gasteiger partial charge in [0.25, 0.3) is 0 Å². The Kier molecular flexibility index (Phi) is 4.07. The van der Waals surface area contributed by atoms with Gasteiger partial charge in [0, 0.05) is 5.56 Å². The summed E-state index contributed by atoms with van der Waals surface area (Å²) in [6.45, 7) is 0.200. The number of tetrazole rings is 1. The highest BCUT2D eigenvalue weighted by molar-refractivity contribution is 9.11. The van der Waals surface area contributed by atoms with Crippen molar-refractivity contribution in [1.29, 1.82) is 0 Å². The molecule has 1 aromatic carbocycles. The summed E-state index contributed by atoms with van der Waals surface area (Å²) in [5.74, 6) is 1.07. The van der Waals surface area contributed by atoms with Gasteiger partial charge in [-0.05, 0) is 49.2 Å². The lowest BCUT2D eigenvalue weighted by Crippen LogP contribution is -2.00. The van der Waals surface area contributed by atoms with Gasteiger partial charge in [0.2, 0.25) is 5.82 Å². The molecule has 0 atom stereocenters.